The Morgan fingerprint density at radius 3 is 2.53 bits per heavy atom. The third-order valence-corrected chi connectivity index (χ3v) is 3.64. The number of hydrogen-bond donors (Lipinski definition) is 2. The molecule has 1 aliphatic rings. The van der Waals surface area contributed by atoms with E-state index in [1.165, 1.54) is 17.7 Å². The van der Waals surface area contributed by atoms with Gasteiger partial charge in [-0.1, -0.05) is 36.8 Å². The Bertz CT molecular complexity index is 539. The number of anilines is 1. The number of rotatable bonds is 2. The minimum absolute atomic E-state index is 0.608. The van der Waals surface area contributed by atoms with Crippen LogP contribution in [0.15, 0.2) is 24.3 Å². The fraction of sp³-hybridized carbons (Fsp3) is 0.357. The molecule has 3 heteroatoms. The first-order valence-electron chi connectivity index (χ1n) is 6.07. The van der Waals surface area contributed by atoms with E-state index in [-0.39, 0.29) is 0 Å². The van der Waals surface area contributed by atoms with Gasteiger partial charge < -0.3 is 5.73 Å². The molecule has 88 valence electrons. The Kier molecular flexibility index (Phi) is 2.21. The van der Waals surface area contributed by atoms with Crippen LogP contribution in [0, 0.1) is 12.8 Å². The van der Waals surface area contributed by atoms with Gasteiger partial charge in [-0.15, -0.1) is 0 Å². The van der Waals surface area contributed by atoms with E-state index in [0.29, 0.717) is 11.7 Å². The van der Waals surface area contributed by atoms with Crippen LogP contribution in [0.1, 0.15) is 30.5 Å². The topological polar surface area (TPSA) is 54.7 Å². The zero-order valence-electron chi connectivity index (χ0n) is 10.2. The lowest BCUT2D eigenvalue weighted by atomic mass is 10.0. The van der Waals surface area contributed by atoms with Gasteiger partial charge in [-0.2, -0.15) is 5.10 Å². The van der Waals surface area contributed by atoms with Crippen LogP contribution in [0.4, 0.5) is 5.82 Å². The van der Waals surface area contributed by atoms with Crippen molar-refractivity contribution in [2.24, 2.45) is 5.92 Å². The molecule has 17 heavy (non-hydrogen) atoms. The summed E-state index contributed by atoms with van der Waals surface area (Å²) in [5, 5.41) is 7.27. The van der Waals surface area contributed by atoms with Gasteiger partial charge in [-0.3, -0.25) is 5.10 Å². The molecule has 0 aliphatic heterocycles. The van der Waals surface area contributed by atoms with Crippen molar-refractivity contribution < 1.29 is 0 Å². The predicted octanol–water partition coefficient (Wildman–Crippen LogP) is 3.09. The number of aromatic nitrogens is 2. The molecule has 1 fully saturated rings. The van der Waals surface area contributed by atoms with Crippen molar-refractivity contribution in [3.05, 3.63) is 35.5 Å². The fourth-order valence-electron chi connectivity index (χ4n) is 2.39. The van der Waals surface area contributed by atoms with Crippen molar-refractivity contribution in [1.82, 2.24) is 10.2 Å². The molecule has 0 bridgehead atoms. The number of nitrogens with one attached hydrogen (secondary N) is 1. The lowest BCUT2D eigenvalue weighted by molar-refractivity contribution is 0.873. The predicted molar refractivity (Wildman–Crippen MR) is 69.7 cm³/mol. The molecule has 3 N–H and O–H groups in total. The van der Waals surface area contributed by atoms with Gasteiger partial charge in [-0.25, -0.2) is 0 Å². The molecule has 3 nitrogen and oxygen atoms in total. The second-order valence-electron chi connectivity index (χ2n) is 5.08. The van der Waals surface area contributed by atoms with Gasteiger partial charge in [0.2, 0.25) is 0 Å². The van der Waals surface area contributed by atoms with Gasteiger partial charge >= 0.3 is 0 Å². The Balaban J connectivity index is 2.07. The van der Waals surface area contributed by atoms with E-state index in [2.05, 4.69) is 48.3 Å². The molecule has 2 aromatic rings. The number of hydrogen-bond acceptors (Lipinski definition) is 2. The molecule has 0 radical (unpaired) electrons. The molecule has 3 rings (SSSR count). The normalized spacial score (nSPS) is 22.7. The van der Waals surface area contributed by atoms with Gasteiger partial charge in [0.05, 0.1) is 0 Å². The highest BCUT2D eigenvalue weighted by Gasteiger charge is 2.37. The minimum Gasteiger partial charge on any atom is -0.382 e. The number of nitrogens with two attached hydrogens (primary N) is 1. The molecule has 2 unspecified atom stereocenters. The molecular weight excluding hydrogens is 210 g/mol. The van der Waals surface area contributed by atoms with Gasteiger partial charge in [0.1, 0.15) is 0 Å². The van der Waals surface area contributed by atoms with E-state index in [9.17, 15) is 0 Å². The Labute approximate surface area is 101 Å². The number of nitrogens with zero attached hydrogens (tertiary/aromatic N) is 1. The van der Waals surface area contributed by atoms with Gasteiger partial charge in [0.15, 0.2) is 5.82 Å². The summed E-state index contributed by atoms with van der Waals surface area (Å²) < 4.78 is 0. The van der Waals surface area contributed by atoms with Crippen LogP contribution in [0.25, 0.3) is 11.1 Å². The maximum Gasteiger partial charge on any atom is 0.153 e. The van der Waals surface area contributed by atoms with E-state index < -0.39 is 0 Å². The summed E-state index contributed by atoms with van der Waals surface area (Å²) in [7, 11) is 0. The Morgan fingerprint density at radius 2 is 1.94 bits per heavy atom. The highest BCUT2D eigenvalue weighted by atomic mass is 15.2. The van der Waals surface area contributed by atoms with E-state index >= 15 is 0 Å². The third-order valence-electron chi connectivity index (χ3n) is 3.64. The zero-order chi connectivity index (χ0) is 12.0. The Morgan fingerprint density at radius 1 is 1.29 bits per heavy atom. The average Bonchev–Trinajstić information content (AvgIpc) is 2.90. The summed E-state index contributed by atoms with van der Waals surface area (Å²) in [6.07, 6.45) is 1.24. The first-order valence-corrected chi connectivity index (χ1v) is 6.07. The average molecular weight is 227 g/mol. The Hall–Kier alpha value is -1.77. The van der Waals surface area contributed by atoms with Crippen molar-refractivity contribution in [2.45, 2.75) is 26.2 Å². The first kappa shape index (κ1) is 10.4. The zero-order valence-corrected chi connectivity index (χ0v) is 10.2. The number of H-pyrrole nitrogens is 1. The van der Waals surface area contributed by atoms with Crippen molar-refractivity contribution >= 4 is 5.82 Å². The summed E-state index contributed by atoms with van der Waals surface area (Å²) in [5.74, 6) is 1.97. The lowest BCUT2D eigenvalue weighted by Crippen LogP contribution is -1.90. The largest absolute Gasteiger partial charge is 0.382 e. The first-order chi connectivity index (χ1) is 8.16. The highest BCUT2D eigenvalue weighted by Crippen LogP contribution is 2.50. The summed E-state index contributed by atoms with van der Waals surface area (Å²) >= 11 is 0. The monoisotopic (exact) mass is 227 g/mol. The van der Waals surface area contributed by atoms with Crippen LogP contribution < -0.4 is 5.73 Å². The quantitative estimate of drug-likeness (QED) is 0.828. The molecule has 0 saturated heterocycles. The molecule has 2 atom stereocenters. The summed E-state index contributed by atoms with van der Waals surface area (Å²) in [4.78, 5) is 0. The van der Waals surface area contributed by atoms with Gasteiger partial charge in [-0.05, 0) is 24.8 Å². The number of nitrogen functional groups attached to an aromatic ring is 1. The molecule has 1 aliphatic carbocycles. The fourth-order valence-corrected chi connectivity index (χ4v) is 2.39. The second kappa shape index (κ2) is 3.62. The van der Waals surface area contributed by atoms with Gasteiger partial charge in [0.25, 0.3) is 0 Å². The van der Waals surface area contributed by atoms with Crippen molar-refractivity contribution in [2.75, 3.05) is 5.73 Å². The molecular formula is C14H17N3. The summed E-state index contributed by atoms with van der Waals surface area (Å²) in [6, 6.07) is 8.46. The van der Waals surface area contributed by atoms with Crippen molar-refractivity contribution in [3.8, 4) is 11.1 Å². The van der Waals surface area contributed by atoms with Gasteiger partial charge in [0, 0.05) is 17.2 Å². The SMILES string of the molecule is Cc1ccc(-c2c(N)n[nH]c2C2CC2C)cc1. The molecule has 0 amide bonds. The van der Waals surface area contributed by atoms with Crippen LogP contribution in [-0.4, -0.2) is 10.2 Å². The summed E-state index contributed by atoms with van der Waals surface area (Å²) in [5.41, 5.74) is 10.7. The van der Waals surface area contributed by atoms with E-state index in [0.717, 1.165) is 17.0 Å². The highest BCUT2D eigenvalue weighted by molar-refractivity contribution is 5.77. The van der Waals surface area contributed by atoms with E-state index in [1.54, 1.807) is 0 Å². The molecule has 1 saturated carbocycles. The summed E-state index contributed by atoms with van der Waals surface area (Å²) in [6.45, 7) is 4.35. The molecule has 1 aromatic heterocycles. The van der Waals surface area contributed by atoms with E-state index in [4.69, 9.17) is 5.73 Å². The third kappa shape index (κ3) is 1.71. The maximum atomic E-state index is 5.98. The number of aryl methyl sites for hydroxylation is 1. The standard InChI is InChI=1S/C14H17N3/c1-8-3-5-10(6-4-8)12-13(11-7-9(11)2)16-17-14(12)15/h3-6,9,11H,7H2,1-2H3,(H3,15,16,17). The smallest absolute Gasteiger partial charge is 0.153 e. The number of aromatic amines is 1. The van der Waals surface area contributed by atoms with Crippen LogP contribution in [0.2, 0.25) is 0 Å². The molecule has 1 aromatic carbocycles. The van der Waals surface area contributed by atoms with Crippen LogP contribution in [-0.2, 0) is 0 Å². The minimum atomic E-state index is 0.608. The second-order valence-corrected chi connectivity index (χ2v) is 5.08. The van der Waals surface area contributed by atoms with Crippen LogP contribution >= 0.6 is 0 Å². The van der Waals surface area contributed by atoms with Crippen molar-refractivity contribution in [3.63, 3.8) is 0 Å². The lowest BCUT2D eigenvalue weighted by Gasteiger charge is -2.04. The van der Waals surface area contributed by atoms with Crippen LogP contribution in [0.5, 0.6) is 0 Å². The maximum absolute atomic E-state index is 5.98. The van der Waals surface area contributed by atoms with Crippen LogP contribution in [0.3, 0.4) is 0 Å². The number of benzene rings is 1. The van der Waals surface area contributed by atoms with Crippen molar-refractivity contribution in [1.29, 1.82) is 0 Å². The van der Waals surface area contributed by atoms with E-state index in [1.807, 2.05) is 0 Å². The molecule has 0 spiro atoms. The molecule has 1 heterocycles.